The number of ether oxygens (including phenoxy) is 4. The predicted molar refractivity (Wildman–Crippen MR) is 82.8 cm³/mol. The van der Waals surface area contributed by atoms with E-state index < -0.39 is 0 Å². The van der Waals surface area contributed by atoms with Gasteiger partial charge in [-0.2, -0.15) is 0 Å². The molecule has 1 aliphatic rings. The molecule has 6 nitrogen and oxygen atoms in total. The van der Waals surface area contributed by atoms with Gasteiger partial charge in [-0.3, -0.25) is 0 Å². The number of rotatable bonds is 5. The number of benzene rings is 2. The zero-order valence-electron chi connectivity index (χ0n) is 13.0. The standard InChI is InChI=1S/C17H18O6/c1-20-13-6-10(5-12(18)16(13)19)3-4-11-7-14(21-2)17-15(8-11)22-9-23-17/h5-8,18-19H,3-4,9H2,1-2H3. The lowest BCUT2D eigenvalue weighted by Gasteiger charge is -2.10. The van der Waals surface area contributed by atoms with Crippen molar-refractivity contribution in [3.8, 4) is 34.5 Å². The molecule has 0 radical (unpaired) electrons. The molecule has 6 heteroatoms. The Morgan fingerprint density at radius 2 is 1.57 bits per heavy atom. The monoisotopic (exact) mass is 318 g/mol. The maximum absolute atomic E-state index is 9.73. The first-order valence-electron chi connectivity index (χ1n) is 7.17. The second kappa shape index (κ2) is 6.16. The van der Waals surface area contributed by atoms with E-state index in [4.69, 9.17) is 18.9 Å². The van der Waals surface area contributed by atoms with Gasteiger partial charge in [-0.1, -0.05) is 0 Å². The van der Waals surface area contributed by atoms with Gasteiger partial charge in [-0.25, -0.2) is 0 Å². The Morgan fingerprint density at radius 3 is 2.26 bits per heavy atom. The van der Waals surface area contributed by atoms with Crippen molar-refractivity contribution in [2.45, 2.75) is 12.8 Å². The van der Waals surface area contributed by atoms with Crippen molar-refractivity contribution in [3.05, 3.63) is 35.4 Å². The van der Waals surface area contributed by atoms with E-state index >= 15 is 0 Å². The lowest BCUT2D eigenvalue weighted by Crippen LogP contribution is -1.95. The summed E-state index contributed by atoms with van der Waals surface area (Å²) in [6.45, 7) is 0.193. The minimum Gasteiger partial charge on any atom is -0.504 e. The largest absolute Gasteiger partial charge is 0.504 e. The predicted octanol–water partition coefficient (Wildman–Crippen LogP) is 2.63. The molecule has 2 aromatic carbocycles. The number of phenolic OH excluding ortho intramolecular Hbond substituents is 2. The van der Waals surface area contributed by atoms with E-state index in [1.165, 1.54) is 13.2 Å². The number of phenols is 2. The molecule has 0 fully saturated rings. The molecule has 3 rings (SSSR count). The molecule has 0 aromatic heterocycles. The summed E-state index contributed by atoms with van der Waals surface area (Å²) in [5.41, 5.74) is 1.88. The van der Waals surface area contributed by atoms with E-state index in [9.17, 15) is 10.2 Å². The fourth-order valence-electron chi connectivity index (χ4n) is 2.57. The Kier molecular flexibility index (Phi) is 4.06. The van der Waals surface area contributed by atoms with Crippen molar-refractivity contribution >= 4 is 0 Å². The van der Waals surface area contributed by atoms with Crippen LogP contribution in [0.5, 0.6) is 34.5 Å². The fourth-order valence-corrected chi connectivity index (χ4v) is 2.57. The van der Waals surface area contributed by atoms with Gasteiger partial charge in [0.2, 0.25) is 18.3 Å². The summed E-state index contributed by atoms with van der Waals surface area (Å²) >= 11 is 0. The maximum atomic E-state index is 9.73. The van der Waals surface area contributed by atoms with E-state index in [0.717, 1.165) is 11.1 Å². The van der Waals surface area contributed by atoms with Crippen LogP contribution in [0.4, 0.5) is 0 Å². The summed E-state index contributed by atoms with van der Waals surface area (Å²) in [5, 5.41) is 19.4. The van der Waals surface area contributed by atoms with Crippen LogP contribution in [0.1, 0.15) is 11.1 Å². The maximum Gasteiger partial charge on any atom is 0.231 e. The van der Waals surface area contributed by atoms with E-state index in [0.29, 0.717) is 30.1 Å². The molecule has 0 atom stereocenters. The molecule has 0 saturated carbocycles. The molecular weight excluding hydrogens is 300 g/mol. The molecule has 2 N–H and O–H groups in total. The summed E-state index contributed by atoms with van der Waals surface area (Å²) in [6.07, 6.45) is 1.37. The number of hydrogen-bond donors (Lipinski definition) is 2. The number of fused-ring (bicyclic) bond motifs is 1. The first-order valence-corrected chi connectivity index (χ1v) is 7.17. The highest BCUT2D eigenvalue weighted by Gasteiger charge is 2.20. The number of aryl methyl sites for hydroxylation is 2. The van der Waals surface area contributed by atoms with Crippen molar-refractivity contribution in [2.24, 2.45) is 0 Å². The van der Waals surface area contributed by atoms with Gasteiger partial charge < -0.3 is 29.2 Å². The Balaban J connectivity index is 1.80. The Morgan fingerprint density at radius 1 is 0.913 bits per heavy atom. The molecule has 0 amide bonds. The smallest absolute Gasteiger partial charge is 0.231 e. The zero-order valence-corrected chi connectivity index (χ0v) is 13.0. The highest BCUT2D eigenvalue weighted by Crippen LogP contribution is 2.42. The molecule has 0 bridgehead atoms. The lowest BCUT2D eigenvalue weighted by atomic mass is 10.0. The third-order valence-corrected chi connectivity index (χ3v) is 3.76. The summed E-state index contributed by atoms with van der Waals surface area (Å²) < 4.78 is 21.2. The van der Waals surface area contributed by atoms with Crippen LogP contribution in [-0.4, -0.2) is 31.2 Å². The van der Waals surface area contributed by atoms with Crippen LogP contribution in [-0.2, 0) is 12.8 Å². The van der Waals surface area contributed by atoms with Crippen molar-refractivity contribution in [1.29, 1.82) is 0 Å². The fraction of sp³-hybridized carbons (Fsp3) is 0.294. The molecule has 0 aliphatic carbocycles. The summed E-state index contributed by atoms with van der Waals surface area (Å²) in [5.74, 6) is 1.75. The van der Waals surface area contributed by atoms with E-state index in [1.54, 1.807) is 13.2 Å². The number of hydrogen-bond acceptors (Lipinski definition) is 6. The quantitative estimate of drug-likeness (QED) is 0.825. The van der Waals surface area contributed by atoms with Crippen LogP contribution >= 0.6 is 0 Å². The van der Waals surface area contributed by atoms with Crippen LogP contribution in [0, 0.1) is 0 Å². The third-order valence-electron chi connectivity index (χ3n) is 3.76. The Hall–Kier alpha value is -2.76. The highest BCUT2D eigenvalue weighted by molar-refractivity contribution is 5.55. The van der Waals surface area contributed by atoms with Crippen molar-refractivity contribution < 1.29 is 29.2 Å². The molecule has 0 saturated heterocycles. The van der Waals surface area contributed by atoms with Crippen molar-refractivity contribution in [1.82, 2.24) is 0 Å². The van der Waals surface area contributed by atoms with Crippen LogP contribution in [0.2, 0.25) is 0 Å². The van der Waals surface area contributed by atoms with E-state index in [-0.39, 0.29) is 24.0 Å². The zero-order chi connectivity index (χ0) is 16.4. The van der Waals surface area contributed by atoms with Crippen LogP contribution < -0.4 is 18.9 Å². The van der Waals surface area contributed by atoms with E-state index in [2.05, 4.69) is 0 Å². The molecule has 122 valence electrons. The average molecular weight is 318 g/mol. The second-order valence-corrected chi connectivity index (χ2v) is 5.20. The average Bonchev–Trinajstić information content (AvgIpc) is 3.03. The van der Waals surface area contributed by atoms with Gasteiger partial charge in [-0.05, 0) is 48.2 Å². The number of aromatic hydroxyl groups is 2. The Bertz CT molecular complexity index is 726. The van der Waals surface area contributed by atoms with Gasteiger partial charge in [0.25, 0.3) is 0 Å². The third kappa shape index (κ3) is 2.92. The summed E-state index contributed by atoms with van der Waals surface area (Å²) in [7, 11) is 3.03. The van der Waals surface area contributed by atoms with Gasteiger partial charge >= 0.3 is 0 Å². The van der Waals surface area contributed by atoms with Crippen molar-refractivity contribution in [3.63, 3.8) is 0 Å². The number of methoxy groups -OCH3 is 2. The van der Waals surface area contributed by atoms with Crippen LogP contribution in [0.15, 0.2) is 24.3 Å². The minimum absolute atomic E-state index is 0.192. The molecule has 23 heavy (non-hydrogen) atoms. The molecule has 0 unspecified atom stereocenters. The molecule has 0 spiro atoms. The lowest BCUT2D eigenvalue weighted by molar-refractivity contribution is 0.171. The molecular formula is C17H18O6. The topological polar surface area (TPSA) is 77.4 Å². The van der Waals surface area contributed by atoms with Crippen LogP contribution in [0.25, 0.3) is 0 Å². The van der Waals surface area contributed by atoms with E-state index in [1.807, 2.05) is 12.1 Å². The van der Waals surface area contributed by atoms with Gasteiger partial charge in [-0.15, -0.1) is 0 Å². The summed E-state index contributed by atoms with van der Waals surface area (Å²) in [6, 6.07) is 7.06. The molecule has 2 aromatic rings. The van der Waals surface area contributed by atoms with Crippen molar-refractivity contribution in [2.75, 3.05) is 21.0 Å². The highest BCUT2D eigenvalue weighted by atomic mass is 16.7. The Labute approximate surface area is 133 Å². The molecule has 1 aliphatic heterocycles. The SMILES string of the molecule is COc1cc(CCc2cc(OC)c3c(c2)OCO3)cc(O)c1O. The van der Waals surface area contributed by atoms with Crippen LogP contribution in [0.3, 0.4) is 0 Å². The molecule has 1 heterocycles. The van der Waals surface area contributed by atoms with Gasteiger partial charge in [0.15, 0.2) is 23.0 Å². The summed E-state index contributed by atoms with van der Waals surface area (Å²) in [4.78, 5) is 0. The first-order chi connectivity index (χ1) is 11.1. The van der Waals surface area contributed by atoms with Gasteiger partial charge in [0.1, 0.15) is 0 Å². The second-order valence-electron chi connectivity index (χ2n) is 5.20. The normalized spacial score (nSPS) is 12.3. The minimum atomic E-state index is -0.249. The van der Waals surface area contributed by atoms with Gasteiger partial charge in [0.05, 0.1) is 14.2 Å². The first kappa shape index (κ1) is 15.1. The van der Waals surface area contributed by atoms with Gasteiger partial charge in [0, 0.05) is 0 Å².